The van der Waals surface area contributed by atoms with Crippen LogP contribution in [0.1, 0.15) is 43.7 Å². The topological polar surface area (TPSA) is 73.0 Å². The summed E-state index contributed by atoms with van der Waals surface area (Å²) in [7, 11) is 0. The Balaban J connectivity index is 1.26. The van der Waals surface area contributed by atoms with Crippen molar-refractivity contribution < 1.29 is 0 Å². The fourth-order valence-corrected chi connectivity index (χ4v) is 5.61. The molecular formula is C27H30N6. The summed E-state index contributed by atoms with van der Waals surface area (Å²) in [6.45, 7) is 8.62. The molecule has 0 unspecified atom stereocenters. The maximum atomic E-state index is 4.51. The number of fused-ring (bicyclic) bond motifs is 2. The first-order chi connectivity index (χ1) is 16.2. The van der Waals surface area contributed by atoms with Gasteiger partial charge in [-0.05, 0) is 86.2 Å². The van der Waals surface area contributed by atoms with E-state index < -0.39 is 0 Å². The van der Waals surface area contributed by atoms with Gasteiger partial charge in [0.05, 0.1) is 18.4 Å². The van der Waals surface area contributed by atoms with Crippen LogP contribution in [-0.2, 0) is 6.42 Å². The Labute approximate surface area is 193 Å². The third kappa shape index (κ3) is 3.68. The van der Waals surface area contributed by atoms with Gasteiger partial charge in [0.2, 0.25) is 0 Å². The first kappa shape index (κ1) is 20.4. The number of allylic oxidation sites excluding steroid dienone is 1. The van der Waals surface area contributed by atoms with Crippen LogP contribution in [0.4, 0.5) is 0 Å². The zero-order valence-electron chi connectivity index (χ0n) is 19.4. The Kier molecular flexibility index (Phi) is 5.10. The van der Waals surface area contributed by atoms with Crippen LogP contribution in [0.3, 0.4) is 0 Å². The largest absolute Gasteiger partial charge is 0.354 e. The van der Waals surface area contributed by atoms with Gasteiger partial charge in [-0.15, -0.1) is 0 Å². The molecule has 6 heteroatoms. The highest BCUT2D eigenvalue weighted by Crippen LogP contribution is 2.37. The van der Waals surface area contributed by atoms with Gasteiger partial charge in [-0.25, -0.2) is 4.98 Å². The minimum Gasteiger partial charge on any atom is -0.354 e. The van der Waals surface area contributed by atoms with Crippen LogP contribution in [0.25, 0.3) is 33.2 Å². The third-order valence-electron chi connectivity index (χ3n) is 7.34. The number of hydrogen-bond donors (Lipinski definition) is 2. The van der Waals surface area contributed by atoms with E-state index in [1.807, 2.05) is 12.4 Å². The van der Waals surface area contributed by atoms with E-state index in [0.29, 0.717) is 5.92 Å². The lowest BCUT2D eigenvalue weighted by Gasteiger charge is -2.32. The van der Waals surface area contributed by atoms with E-state index >= 15 is 0 Å². The number of benzene rings is 1. The summed E-state index contributed by atoms with van der Waals surface area (Å²) >= 11 is 0. The molecule has 1 fully saturated rings. The molecule has 0 saturated carbocycles. The van der Waals surface area contributed by atoms with E-state index in [0.717, 1.165) is 49.2 Å². The second-order valence-electron chi connectivity index (χ2n) is 9.44. The molecule has 0 spiro atoms. The number of aliphatic imine (C=N–C) groups is 1. The maximum absolute atomic E-state index is 4.51. The molecule has 2 aliphatic heterocycles. The molecule has 0 radical (unpaired) electrons. The van der Waals surface area contributed by atoms with E-state index in [9.17, 15) is 0 Å². The summed E-state index contributed by atoms with van der Waals surface area (Å²) in [6, 6.07) is 9.14. The van der Waals surface area contributed by atoms with Gasteiger partial charge >= 0.3 is 0 Å². The molecule has 6 nitrogen and oxygen atoms in total. The highest BCUT2D eigenvalue weighted by atomic mass is 15.1. The van der Waals surface area contributed by atoms with E-state index in [-0.39, 0.29) is 0 Å². The number of rotatable bonds is 5. The summed E-state index contributed by atoms with van der Waals surface area (Å²) in [5, 5.41) is 9.60. The molecule has 2 N–H and O–H groups in total. The molecule has 2 aliphatic rings. The number of aromatic nitrogens is 4. The lowest BCUT2D eigenvalue weighted by atomic mass is 9.88. The molecule has 0 aliphatic carbocycles. The standard InChI is InChI=1S/C27H30N6/c1-3-21-23-13-20(19-7-10-33(11-8-19)16-18-12-17(2)29-14-18)4-5-25(23)31-26(21)22-6-9-28-27-24(22)15-30-32-27/h4-6,9,12-13,15,19,31H,3,7-8,10-11,14,16H2,1-2H3,(H,28,30,32). The summed E-state index contributed by atoms with van der Waals surface area (Å²) in [6.07, 6.45) is 9.41. The van der Waals surface area contributed by atoms with Crippen LogP contribution in [0.5, 0.6) is 0 Å². The van der Waals surface area contributed by atoms with Crippen molar-refractivity contribution in [2.45, 2.75) is 39.0 Å². The van der Waals surface area contributed by atoms with Crippen molar-refractivity contribution in [3.63, 3.8) is 0 Å². The van der Waals surface area contributed by atoms with Crippen LogP contribution in [0, 0.1) is 0 Å². The third-order valence-corrected chi connectivity index (χ3v) is 7.34. The summed E-state index contributed by atoms with van der Waals surface area (Å²) in [5.41, 5.74) is 9.88. The molecule has 33 heavy (non-hydrogen) atoms. The Morgan fingerprint density at radius 3 is 2.79 bits per heavy atom. The molecule has 0 amide bonds. The lowest BCUT2D eigenvalue weighted by Crippen LogP contribution is -2.34. The van der Waals surface area contributed by atoms with E-state index in [2.05, 4.69) is 74.2 Å². The predicted molar refractivity (Wildman–Crippen MR) is 135 cm³/mol. The van der Waals surface area contributed by atoms with Gasteiger partial charge in [-0.2, -0.15) is 5.10 Å². The number of piperidine rings is 1. The van der Waals surface area contributed by atoms with Crippen LogP contribution >= 0.6 is 0 Å². The number of aryl methyl sites for hydroxylation is 1. The smallest absolute Gasteiger partial charge is 0.155 e. The number of nitrogens with one attached hydrogen (secondary N) is 2. The Morgan fingerprint density at radius 2 is 2.00 bits per heavy atom. The molecule has 3 aromatic heterocycles. The molecule has 0 atom stereocenters. The van der Waals surface area contributed by atoms with Crippen molar-refractivity contribution in [2.75, 3.05) is 26.2 Å². The fourth-order valence-electron chi connectivity index (χ4n) is 5.61. The number of likely N-dealkylation sites (tertiary alicyclic amines) is 1. The molecule has 0 bridgehead atoms. The second-order valence-corrected chi connectivity index (χ2v) is 9.44. The average Bonchev–Trinajstić information content (AvgIpc) is 3.56. The highest BCUT2D eigenvalue weighted by Gasteiger charge is 2.23. The van der Waals surface area contributed by atoms with Crippen molar-refractivity contribution >= 4 is 27.6 Å². The predicted octanol–water partition coefficient (Wildman–Crippen LogP) is 5.25. The van der Waals surface area contributed by atoms with Crippen molar-refractivity contribution in [3.05, 3.63) is 59.4 Å². The van der Waals surface area contributed by atoms with Gasteiger partial charge in [0.25, 0.3) is 0 Å². The number of H-pyrrole nitrogens is 2. The van der Waals surface area contributed by atoms with Crippen LogP contribution in [0.15, 0.2) is 53.3 Å². The molecule has 168 valence electrons. The van der Waals surface area contributed by atoms with Gasteiger partial charge < -0.3 is 4.98 Å². The van der Waals surface area contributed by atoms with Crippen LogP contribution in [0.2, 0.25) is 0 Å². The van der Waals surface area contributed by atoms with Gasteiger partial charge in [-0.1, -0.05) is 13.0 Å². The van der Waals surface area contributed by atoms with E-state index in [4.69, 9.17) is 0 Å². The van der Waals surface area contributed by atoms with Crippen molar-refractivity contribution in [3.8, 4) is 11.3 Å². The van der Waals surface area contributed by atoms with Crippen LogP contribution in [-0.4, -0.2) is 57.0 Å². The molecular weight excluding hydrogens is 408 g/mol. The normalized spacial score (nSPS) is 17.8. The lowest BCUT2D eigenvalue weighted by molar-refractivity contribution is 0.228. The average molecular weight is 439 g/mol. The monoisotopic (exact) mass is 438 g/mol. The van der Waals surface area contributed by atoms with Crippen molar-refractivity contribution in [1.82, 2.24) is 25.1 Å². The highest BCUT2D eigenvalue weighted by molar-refractivity contribution is 5.98. The van der Waals surface area contributed by atoms with Gasteiger partial charge in [0.15, 0.2) is 5.65 Å². The zero-order chi connectivity index (χ0) is 22.4. The van der Waals surface area contributed by atoms with Crippen LogP contribution < -0.4 is 0 Å². The minimum atomic E-state index is 0.630. The Morgan fingerprint density at radius 1 is 1.12 bits per heavy atom. The molecule has 1 aromatic carbocycles. The van der Waals surface area contributed by atoms with Gasteiger partial charge in [0.1, 0.15) is 0 Å². The molecule has 6 rings (SSSR count). The van der Waals surface area contributed by atoms with E-state index in [1.165, 1.54) is 51.9 Å². The van der Waals surface area contributed by atoms with Crippen molar-refractivity contribution in [2.24, 2.45) is 4.99 Å². The first-order valence-corrected chi connectivity index (χ1v) is 12.1. The Bertz CT molecular complexity index is 1380. The SMILES string of the molecule is CCc1c(-c2ccnc3[nH]ncc23)[nH]c2ccc(C3CCN(CC4=CC(C)=NC4)CC3)cc12. The van der Waals surface area contributed by atoms with Crippen molar-refractivity contribution in [1.29, 1.82) is 0 Å². The number of hydrogen-bond acceptors (Lipinski definition) is 4. The quantitative estimate of drug-likeness (QED) is 0.447. The molecule has 5 heterocycles. The zero-order valence-corrected chi connectivity index (χ0v) is 19.4. The number of nitrogens with zero attached hydrogens (tertiary/aromatic N) is 4. The molecule has 4 aromatic rings. The maximum Gasteiger partial charge on any atom is 0.155 e. The molecule has 1 saturated heterocycles. The second kappa shape index (κ2) is 8.27. The Hall–Kier alpha value is -3.25. The van der Waals surface area contributed by atoms with Gasteiger partial charge in [0, 0.05) is 40.3 Å². The number of pyridine rings is 1. The van der Waals surface area contributed by atoms with Gasteiger partial charge in [-0.3, -0.25) is 15.0 Å². The van der Waals surface area contributed by atoms with E-state index in [1.54, 1.807) is 0 Å². The summed E-state index contributed by atoms with van der Waals surface area (Å²) in [5.74, 6) is 0.630. The minimum absolute atomic E-state index is 0.630. The first-order valence-electron chi connectivity index (χ1n) is 12.1. The summed E-state index contributed by atoms with van der Waals surface area (Å²) in [4.78, 5) is 15.2. The fraction of sp³-hybridized carbons (Fsp3) is 0.370. The summed E-state index contributed by atoms with van der Waals surface area (Å²) < 4.78 is 0. The number of aromatic amines is 2.